The number of hydrogen-bond acceptors (Lipinski definition) is 7. The van der Waals surface area contributed by atoms with Gasteiger partial charge in [0.05, 0.1) is 12.5 Å². The molecule has 0 bridgehead atoms. The normalized spacial score (nSPS) is 14.2. The molecule has 4 unspecified atom stereocenters. The zero-order valence-electron chi connectivity index (χ0n) is 20.7. The monoisotopic (exact) mass is 524 g/mol. The highest BCUT2D eigenvalue weighted by Crippen LogP contribution is 2.08. The molecule has 1 aromatic carbocycles. The highest BCUT2D eigenvalue weighted by atomic mass is 32.2. The first-order valence-corrected chi connectivity index (χ1v) is 13.0. The first-order valence-electron chi connectivity index (χ1n) is 11.6. The number of carbonyl (C=O) groups is 5. The largest absolute Gasteiger partial charge is 0.481 e. The molecule has 7 N–H and O–H groups in total. The van der Waals surface area contributed by atoms with Crippen molar-refractivity contribution in [1.82, 2.24) is 16.0 Å². The predicted octanol–water partition coefficient (Wildman–Crippen LogP) is 0.369. The fourth-order valence-corrected chi connectivity index (χ4v) is 3.84. The number of carbonyl (C=O) groups excluding carboxylic acids is 3. The molecule has 1 aromatic rings. The number of rotatable bonds is 16. The molecule has 0 saturated heterocycles. The SMILES string of the molecule is CSCCC(NC(=O)C(N)Cc1ccccc1)C(=O)NC(CC(=O)O)C(=O)NC(CC(C)C)C(=O)O. The Labute approximate surface area is 215 Å². The number of nitrogens with one attached hydrogen (secondary N) is 3. The Kier molecular flexibility index (Phi) is 13.6. The second kappa shape index (κ2) is 15.8. The number of hydrogen-bond donors (Lipinski definition) is 6. The van der Waals surface area contributed by atoms with E-state index in [1.807, 2.05) is 36.6 Å². The van der Waals surface area contributed by atoms with Crippen LogP contribution in [0.2, 0.25) is 0 Å². The van der Waals surface area contributed by atoms with Gasteiger partial charge in [-0.25, -0.2) is 4.79 Å². The summed E-state index contributed by atoms with van der Waals surface area (Å²) in [5.74, 6) is -4.45. The average molecular weight is 525 g/mol. The number of amides is 3. The molecule has 4 atom stereocenters. The molecule has 200 valence electrons. The van der Waals surface area contributed by atoms with Crippen LogP contribution >= 0.6 is 11.8 Å². The van der Waals surface area contributed by atoms with Gasteiger partial charge < -0.3 is 31.9 Å². The average Bonchev–Trinajstić information content (AvgIpc) is 2.80. The van der Waals surface area contributed by atoms with Crippen LogP contribution in [-0.2, 0) is 30.4 Å². The molecule has 3 amide bonds. The molecule has 12 heteroatoms. The van der Waals surface area contributed by atoms with E-state index in [1.54, 1.807) is 13.8 Å². The van der Waals surface area contributed by atoms with Crippen LogP contribution in [-0.4, -0.2) is 76.0 Å². The highest BCUT2D eigenvalue weighted by molar-refractivity contribution is 7.98. The molecule has 0 aliphatic rings. The smallest absolute Gasteiger partial charge is 0.326 e. The molecule has 0 spiro atoms. The van der Waals surface area contributed by atoms with Crippen molar-refractivity contribution in [1.29, 1.82) is 0 Å². The Bertz CT molecular complexity index is 898. The van der Waals surface area contributed by atoms with Crippen LogP contribution in [0.3, 0.4) is 0 Å². The number of aliphatic carboxylic acids is 2. The number of carboxylic acids is 2. The van der Waals surface area contributed by atoms with E-state index in [4.69, 9.17) is 5.73 Å². The fourth-order valence-electron chi connectivity index (χ4n) is 3.37. The van der Waals surface area contributed by atoms with E-state index in [0.29, 0.717) is 5.75 Å². The molecule has 36 heavy (non-hydrogen) atoms. The van der Waals surface area contributed by atoms with Crippen molar-refractivity contribution < 1.29 is 34.2 Å². The van der Waals surface area contributed by atoms with Gasteiger partial charge in [0.25, 0.3) is 0 Å². The molecule has 1 rings (SSSR count). The third kappa shape index (κ3) is 11.5. The van der Waals surface area contributed by atoms with Crippen molar-refractivity contribution in [3.05, 3.63) is 35.9 Å². The van der Waals surface area contributed by atoms with Crippen molar-refractivity contribution >= 4 is 41.4 Å². The molecule has 0 aliphatic heterocycles. The van der Waals surface area contributed by atoms with E-state index in [2.05, 4.69) is 16.0 Å². The minimum absolute atomic E-state index is 0.0508. The van der Waals surface area contributed by atoms with Gasteiger partial charge in [-0.1, -0.05) is 44.2 Å². The summed E-state index contributed by atoms with van der Waals surface area (Å²) in [5.41, 5.74) is 6.86. The molecular formula is C24H36N4O7S. The van der Waals surface area contributed by atoms with E-state index < -0.39 is 60.2 Å². The van der Waals surface area contributed by atoms with Gasteiger partial charge >= 0.3 is 11.9 Å². The molecule has 0 fully saturated rings. The van der Waals surface area contributed by atoms with E-state index >= 15 is 0 Å². The Morgan fingerprint density at radius 2 is 1.44 bits per heavy atom. The van der Waals surface area contributed by atoms with E-state index in [1.165, 1.54) is 11.8 Å². The second-order valence-electron chi connectivity index (χ2n) is 8.83. The lowest BCUT2D eigenvalue weighted by Crippen LogP contribution is -2.57. The fraction of sp³-hybridized carbons (Fsp3) is 0.542. The van der Waals surface area contributed by atoms with Gasteiger partial charge in [0.15, 0.2) is 0 Å². The summed E-state index contributed by atoms with van der Waals surface area (Å²) < 4.78 is 0. The predicted molar refractivity (Wildman–Crippen MR) is 136 cm³/mol. The number of nitrogens with two attached hydrogens (primary N) is 1. The van der Waals surface area contributed by atoms with Crippen LogP contribution in [0.15, 0.2) is 30.3 Å². The van der Waals surface area contributed by atoms with Crippen molar-refractivity contribution in [3.63, 3.8) is 0 Å². The molecule has 11 nitrogen and oxygen atoms in total. The van der Waals surface area contributed by atoms with Crippen LogP contribution in [0.5, 0.6) is 0 Å². The van der Waals surface area contributed by atoms with Crippen LogP contribution in [0.4, 0.5) is 0 Å². The van der Waals surface area contributed by atoms with E-state index in [9.17, 15) is 34.2 Å². The summed E-state index contributed by atoms with van der Waals surface area (Å²) in [6.07, 6.45) is 1.64. The maximum Gasteiger partial charge on any atom is 0.326 e. The summed E-state index contributed by atoms with van der Waals surface area (Å²) in [7, 11) is 0. The lowest BCUT2D eigenvalue weighted by molar-refractivity contribution is -0.144. The first-order chi connectivity index (χ1) is 16.9. The second-order valence-corrected chi connectivity index (χ2v) is 9.81. The van der Waals surface area contributed by atoms with Crippen LogP contribution in [0, 0.1) is 5.92 Å². The van der Waals surface area contributed by atoms with Gasteiger partial charge in [0.2, 0.25) is 17.7 Å². The number of carboxylic acid groups (broad SMARTS) is 2. The van der Waals surface area contributed by atoms with Gasteiger partial charge in [-0.2, -0.15) is 11.8 Å². The van der Waals surface area contributed by atoms with Crippen molar-refractivity contribution in [2.75, 3.05) is 12.0 Å². The molecule has 0 aliphatic carbocycles. The summed E-state index contributed by atoms with van der Waals surface area (Å²) in [5, 5.41) is 25.9. The van der Waals surface area contributed by atoms with Crippen molar-refractivity contribution in [3.8, 4) is 0 Å². The van der Waals surface area contributed by atoms with Crippen LogP contribution in [0.25, 0.3) is 0 Å². The third-order valence-electron chi connectivity index (χ3n) is 5.21. The van der Waals surface area contributed by atoms with Gasteiger partial charge in [0.1, 0.15) is 18.1 Å². The lowest BCUT2D eigenvalue weighted by Gasteiger charge is -2.25. The minimum Gasteiger partial charge on any atom is -0.481 e. The molecule has 0 saturated carbocycles. The number of thioether (sulfide) groups is 1. The zero-order valence-corrected chi connectivity index (χ0v) is 21.5. The van der Waals surface area contributed by atoms with E-state index in [0.717, 1.165) is 5.56 Å². The highest BCUT2D eigenvalue weighted by Gasteiger charge is 2.31. The summed E-state index contributed by atoms with van der Waals surface area (Å²) in [4.78, 5) is 61.2. The van der Waals surface area contributed by atoms with Gasteiger partial charge in [-0.05, 0) is 42.8 Å². The third-order valence-corrected chi connectivity index (χ3v) is 5.86. The molecule has 0 heterocycles. The van der Waals surface area contributed by atoms with Gasteiger partial charge in [-0.3, -0.25) is 19.2 Å². The quantitative estimate of drug-likeness (QED) is 0.177. The van der Waals surface area contributed by atoms with Crippen molar-refractivity contribution in [2.45, 2.75) is 63.7 Å². The Morgan fingerprint density at radius 3 is 1.97 bits per heavy atom. The Hall–Kier alpha value is -3.12. The van der Waals surface area contributed by atoms with Gasteiger partial charge in [0, 0.05) is 0 Å². The topological polar surface area (TPSA) is 188 Å². The van der Waals surface area contributed by atoms with Crippen LogP contribution < -0.4 is 21.7 Å². The van der Waals surface area contributed by atoms with E-state index in [-0.39, 0.29) is 25.2 Å². The molecule has 0 aromatic heterocycles. The Balaban J connectivity index is 2.94. The molecule has 0 radical (unpaired) electrons. The molecular weight excluding hydrogens is 488 g/mol. The maximum atomic E-state index is 13.0. The summed E-state index contributed by atoms with van der Waals surface area (Å²) in [6.45, 7) is 3.56. The first kappa shape index (κ1) is 30.9. The summed E-state index contributed by atoms with van der Waals surface area (Å²) in [6, 6.07) is 4.35. The van der Waals surface area contributed by atoms with Gasteiger partial charge in [-0.15, -0.1) is 0 Å². The number of benzene rings is 1. The standard InChI is InChI=1S/C24H36N4O7S/c1-14(2)11-19(24(34)35)28-23(33)18(13-20(29)30)27-22(32)17(9-10-36-3)26-21(31)16(25)12-15-7-5-4-6-8-15/h4-8,14,16-19H,9-13,25H2,1-3H3,(H,26,31)(H,27,32)(H,28,33)(H,29,30)(H,34,35). The van der Waals surface area contributed by atoms with Crippen molar-refractivity contribution in [2.24, 2.45) is 11.7 Å². The van der Waals surface area contributed by atoms with Crippen LogP contribution in [0.1, 0.15) is 38.7 Å². The minimum atomic E-state index is -1.53. The zero-order chi connectivity index (χ0) is 27.3. The Morgan fingerprint density at radius 1 is 0.889 bits per heavy atom. The maximum absolute atomic E-state index is 13.0. The lowest BCUT2D eigenvalue weighted by atomic mass is 10.0. The summed E-state index contributed by atoms with van der Waals surface area (Å²) >= 11 is 1.44.